The van der Waals surface area contributed by atoms with E-state index in [2.05, 4.69) is 17.6 Å². The summed E-state index contributed by atoms with van der Waals surface area (Å²) < 4.78 is 11.1. The Morgan fingerprint density at radius 3 is 2.57 bits per heavy atom. The second-order valence-electron chi connectivity index (χ2n) is 4.97. The van der Waals surface area contributed by atoms with Crippen LogP contribution in [0.15, 0.2) is 18.2 Å². The Morgan fingerprint density at radius 2 is 2.00 bits per heavy atom. The summed E-state index contributed by atoms with van der Waals surface area (Å²) in [5.41, 5.74) is 1.10. The first-order valence-corrected chi connectivity index (χ1v) is 7.33. The van der Waals surface area contributed by atoms with Gasteiger partial charge in [0.05, 0.1) is 7.11 Å². The molecule has 0 heterocycles. The number of hydrogen-bond donors (Lipinski definition) is 2. The maximum absolute atomic E-state index is 11.8. The molecule has 1 amide bonds. The van der Waals surface area contributed by atoms with Crippen LogP contribution >= 0.6 is 0 Å². The van der Waals surface area contributed by atoms with Crippen LogP contribution in [0.25, 0.3) is 0 Å². The fourth-order valence-electron chi connectivity index (χ4n) is 1.85. The summed E-state index contributed by atoms with van der Waals surface area (Å²) in [5, 5.41) is 5.99. The summed E-state index contributed by atoms with van der Waals surface area (Å²) in [7, 11) is 3.50. The monoisotopic (exact) mass is 294 g/mol. The average Bonchev–Trinajstić information content (AvgIpc) is 2.51. The van der Waals surface area contributed by atoms with Crippen LogP contribution in [0, 0.1) is 0 Å². The van der Waals surface area contributed by atoms with Gasteiger partial charge in [-0.1, -0.05) is 13.0 Å². The normalized spacial score (nSPS) is 13.4. The first-order valence-electron chi connectivity index (χ1n) is 7.33. The molecule has 0 bridgehead atoms. The fraction of sp³-hybridized carbons (Fsp3) is 0.562. The Labute approximate surface area is 127 Å². The minimum absolute atomic E-state index is 0.119. The quantitative estimate of drug-likeness (QED) is 0.772. The topological polar surface area (TPSA) is 59.6 Å². The largest absolute Gasteiger partial charge is 0.493 e. The van der Waals surface area contributed by atoms with Gasteiger partial charge in [0.25, 0.3) is 5.91 Å². The zero-order chi connectivity index (χ0) is 15.8. The SMILES string of the molecule is CCCNC(=O)C(C)Oc1ccc(C(C)NC)cc1OC. The van der Waals surface area contributed by atoms with Gasteiger partial charge in [-0.15, -0.1) is 0 Å². The molecule has 0 aromatic heterocycles. The van der Waals surface area contributed by atoms with E-state index >= 15 is 0 Å². The van der Waals surface area contributed by atoms with Crippen LogP contribution in [0.3, 0.4) is 0 Å². The van der Waals surface area contributed by atoms with Crippen LogP contribution in [-0.2, 0) is 4.79 Å². The van der Waals surface area contributed by atoms with Crippen molar-refractivity contribution in [1.29, 1.82) is 0 Å². The highest BCUT2D eigenvalue weighted by Crippen LogP contribution is 2.31. The molecule has 1 aromatic rings. The standard InChI is InChI=1S/C16H26N2O3/c1-6-9-18-16(19)12(3)21-14-8-7-13(11(2)17-4)10-15(14)20-5/h7-8,10-12,17H,6,9H2,1-5H3,(H,18,19). The van der Waals surface area contributed by atoms with Gasteiger partial charge in [-0.3, -0.25) is 4.79 Å². The number of ether oxygens (including phenoxy) is 2. The number of benzene rings is 1. The summed E-state index contributed by atoms with van der Waals surface area (Å²) in [4.78, 5) is 11.8. The van der Waals surface area contributed by atoms with Crippen LogP contribution < -0.4 is 20.1 Å². The number of amides is 1. The third-order valence-corrected chi connectivity index (χ3v) is 3.34. The van der Waals surface area contributed by atoms with Gasteiger partial charge in [0.15, 0.2) is 17.6 Å². The lowest BCUT2D eigenvalue weighted by Gasteiger charge is -2.18. The maximum Gasteiger partial charge on any atom is 0.260 e. The van der Waals surface area contributed by atoms with E-state index in [1.165, 1.54) is 0 Å². The van der Waals surface area contributed by atoms with Gasteiger partial charge < -0.3 is 20.1 Å². The second-order valence-corrected chi connectivity index (χ2v) is 4.97. The van der Waals surface area contributed by atoms with Crippen molar-refractivity contribution >= 4 is 5.91 Å². The molecule has 1 rings (SSSR count). The van der Waals surface area contributed by atoms with Crippen LogP contribution in [-0.4, -0.2) is 32.7 Å². The molecule has 0 aliphatic heterocycles. The smallest absolute Gasteiger partial charge is 0.260 e. The summed E-state index contributed by atoms with van der Waals surface area (Å²) in [6, 6.07) is 5.95. The molecule has 118 valence electrons. The van der Waals surface area contributed by atoms with Crippen molar-refractivity contribution in [3.05, 3.63) is 23.8 Å². The summed E-state index contributed by atoms with van der Waals surface area (Å²) in [6.07, 6.45) is 0.344. The molecule has 0 aliphatic rings. The molecule has 0 spiro atoms. The van der Waals surface area contributed by atoms with Gasteiger partial charge in [0, 0.05) is 12.6 Å². The highest BCUT2D eigenvalue weighted by Gasteiger charge is 2.17. The maximum atomic E-state index is 11.8. The van der Waals surface area contributed by atoms with E-state index in [1.54, 1.807) is 14.0 Å². The van der Waals surface area contributed by atoms with E-state index in [-0.39, 0.29) is 11.9 Å². The van der Waals surface area contributed by atoms with Crippen LogP contribution in [0.2, 0.25) is 0 Å². The predicted molar refractivity (Wildman–Crippen MR) is 83.9 cm³/mol. The fourth-order valence-corrected chi connectivity index (χ4v) is 1.85. The van der Waals surface area contributed by atoms with Gasteiger partial charge in [-0.05, 0) is 45.0 Å². The lowest BCUT2D eigenvalue weighted by atomic mass is 10.1. The van der Waals surface area contributed by atoms with Gasteiger partial charge >= 0.3 is 0 Å². The zero-order valence-electron chi connectivity index (χ0n) is 13.5. The van der Waals surface area contributed by atoms with Crippen molar-refractivity contribution in [3.63, 3.8) is 0 Å². The predicted octanol–water partition coefficient (Wildman–Crippen LogP) is 2.27. The first kappa shape index (κ1) is 17.3. The Kier molecular flexibility index (Phi) is 7.02. The van der Waals surface area contributed by atoms with Crippen molar-refractivity contribution in [1.82, 2.24) is 10.6 Å². The Hall–Kier alpha value is -1.75. The molecular formula is C16H26N2O3. The summed E-state index contributed by atoms with van der Waals surface area (Å²) in [6.45, 7) is 6.46. The number of carbonyl (C=O) groups is 1. The molecule has 2 unspecified atom stereocenters. The molecule has 1 aromatic carbocycles. The van der Waals surface area contributed by atoms with E-state index in [0.29, 0.717) is 18.0 Å². The minimum atomic E-state index is -0.557. The van der Waals surface area contributed by atoms with Crippen molar-refractivity contribution in [3.8, 4) is 11.5 Å². The third kappa shape index (κ3) is 4.93. The average molecular weight is 294 g/mol. The lowest BCUT2D eigenvalue weighted by molar-refractivity contribution is -0.127. The number of methoxy groups -OCH3 is 1. The molecule has 0 fully saturated rings. The molecule has 5 nitrogen and oxygen atoms in total. The van der Waals surface area contributed by atoms with E-state index in [1.807, 2.05) is 32.2 Å². The molecule has 0 saturated heterocycles. The van der Waals surface area contributed by atoms with Gasteiger partial charge in [0.2, 0.25) is 0 Å². The molecule has 0 radical (unpaired) electrons. The number of hydrogen-bond acceptors (Lipinski definition) is 4. The number of nitrogens with one attached hydrogen (secondary N) is 2. The van der Waals surface area contributed by atoms with Crippen LogP contribution in [0.4, 0.5) is 0 Å². The highest BCUT2D eigenvalue weighted by molar-refractivity contribution is 5.80. The molecular weight excluding hydrogens is 268 g/mol. The zero-order valence-corrected chi connectivity index (χ0v) is 13.5. The minimum Gasteiger partial charge on any atom is -0.493 e. The Balaban J connectivity index is 2.81. The molecule has 0 aliphatic carbocycles. The highest BCUT2D eigenvalue weighted by atomic mass is 16.5. The van der Waals surface area contributed by atoms with E-state index in [9.17, 15) is 4.79 Å². The number of rotatable bonds is 8. The molecule has 5 heteroatoms. The molecule has 21 heavy (non-hydrogen) atoms. The lowest BCUT2D eigenvalue weighted by Crippen LogP contribution is -2.36. The van der Waals surface area contributed by atoms with Crippen molar-refractivity contribution < 1.29 is 14.3 Å². The second kappa shape index (κ2) is 8.52. The van der Waals surface area contributed by atoms with Crippen molar-refractivity contribution in [2.24, 2.45) is 0 Å². The van der Waals surface area contributed by atoms with E-state index in [0.717, 1.165) is 12.0 Å². The first-order chi connectivity index (χ1) is 10.0. The summed E-state index contributed by atoms with van der Waals surface area (Å²) >= 11 is 0. The summed E-state index contributed by atoms with van der Waals surface area (Å²) in [5.74, 6) is 1.08. The van der Waals surface area contributed by atoms with E-state index in [4.69, 9.17) is 9.47 Å². The Morgan fingerprint density at radius 1 is 1.29 bits per heavy atom. The van der Waals surface area contributed by atoms with Crippen LogP contribution in [0.1, 0.15) is 38.8 Å². The van der Waals surface area contributed by atoms with Gasteiger partial charge in [-0.2, -0.15) is 0 Å². The van der Waals surface area contributed by atoms with Gasteiger partial charge in [0.1, 0.15) is 0 Å². The van der Waals surface area contributed by atoms with Gasteiger partial charge in [-0.25, -0.2) is 0 Å². The van der Waals surface area contributed by atoms with Crippen molar-refractivity contribution in [2.75, 3.05) is 20.7 Å². The molecule has 2 N–H and O–H groups in total. The molecule has 0 saturated carbocycles. The van der Waals surface area contributed by atoms with E-state index < -0.39 is 6.10 Å². The molecule has 2 atom stereocenters. The van der Waals surface area contributed by atoms with Crippen LogP contribution in [0.5, 0.6) is 11.5 Å². The third-order valence-electron chi connectivity index (χ3n) is 3.34. The number of carbonyl (C=O) groups excluding carboxylic acids is 1. The van der Waals surface area contributed by atoms with Crippen molar-refractivity contribution in [2.45, 2.75) is 39.3 Å². The Bertz CT molecular complexity index is 463.